The van der Waals surface area contributed by atoms with E-state index in [0.717, 1.165) is 44.8 Å². The van der Waals surface area contributed by atoms with Crippen LogP contribution in [0.5, 0.6) is 11.5 Å². The molecule has 0 aromatic heterocycles. The first kappa shape index (κ1) is 33.9. The number of ether oxygens (including phenoxy) is 2. The third-order valence-corrected chi connectivity index (χ3v) is 7.18. The van der Waals surface area contributed by atoms with Gasteiger partial charge in [-0.15, -0.1) is 0 Å². The van der Waals surface area contributed by atoms with Gasteiger partial charge in [0.05, 0.1) is 12.5 Å². The van der Waals surface area contributed by atoms with Crippen molar-refractivity contribution in [2.24, 2.45) is 11.3 Å². The number of carboxylic acids is 1. The SMILES string of the molecule is CC(=O)O.COc1cc2ccc1OCC(=O)NCCNCCCC(=O)NCC(CCC(C)C)(C(=O)N1CCCC1)C2. The molecule has 2 bridgehead atoms. The highest BCUT2D eigenvalue weighted by Crippen LogP contribution is 2.36. The number of hydrogen-bond donors (Lipinski definition) is 4. The predicted octanol–water partition coefficient (Wildman–Crippen LogP) is 2.37. The number of methoxy groups -OCH3 is 1. The molecule has 1 atom stereocenters. The van der Waals surface area contributed by atoms with Gasteiger partial charge in [-0.25, -0.2) is 0 Å². The summed E-state index contributed by atoms with van der Waals surface area (Å²) in [5, 5.41) is 16.6. The van der Waals surface area contributed by atoms with E-state index in [0.29, 0.717) is 69.3 Å². The molecule has 1 unspecified atom stereocenters. The summed E-state index contributed by atoms with van der Waals surface area (Å²) < 4.78 is 11.3. The standard InChI is InChI=1S/C28H44N4O5.C2H4O2/c1-21(2)10-11-28(27(35)32-15-4-5-16-32)18-22-8-9-23(24(17-22)36-3)37-19-26(34)30-14-13-29-12-6-7-25(33)31-20-28;1-2(3)4/h8-9,17,21,29H,4-7,10-16,18-20H2,1-3H3,(H,30,34)(H,31,33);1H3,(H,3,4). The maximum absolute atomic E-state index is 14.1. The number of carboxylic acid groups (broad SMARTS) is 1. The Morgan fingerprint density at radius 3 is 2.44 bits per heavy atom. The second-order valence-corrected chi connectivity index (χ2v) is 11.2. The van der Waals surface area contributed by atoms with Crippen LogP contribution < -0.4 is 25.4 Å². The molecule has 4 N–H and O–H groups in total. The molecule has 3 heterocycles. The van der Waals surface area contributed by atoms with E-state index in [1.54, 1.807) is 13.2 Å². The number of fused-ring (bicyclic) bond motifs is 16. The number of aliphatic carboxylic acids is 1. The normalized spacial score (nSPS) is 20.9. The lowest BCUT2D eigenvalue weighted by Crippen LogP contribution is -2.51. The number of benzene rings is 1. The van der Waals surface area contributed by atoms with Gasteiger partial charge in [-0.05, 0) is 68.7 Å². The molecular weight excluding hydrogens is 528 g/mol. The van der Waals surface area contributed by atoms with Gasteiger partial charge in [0.25, 0.3) is 11.9 Å². The molecule has 230 valence electrons. The third kappa shape index (κ3) is 12.0. The number of hydrogen-bond acceptors (Lipinski definition) is 7. The smallest absolute Gasteiger partial charge is 0.300 e. The Bertz CT molecular complexity index is 1010. The van der Waals surface area contributed by atoms with Crippen molar-refractivity contribution in [2.45, 2.75) is 65.7 Å². The van der Waals surface area contributed by atoms with Crippen LogP contribution in [0.1, 0.15) is 64.9 Å². The topological polar surface area (TPSA) is 146 Å². The van der Waals surface area contributed by atoms with Gasteiger partial charge in [0.2, 0.25) is 11.8 Å². The van der Waals surface area contributed by atoms with Crippen LogP contribution in [0.2, 0.25) is 0 Å². The van der Waals surface area contributed by atoms with Crippen molar-refractivity contribution in [2.75, 3.05) is 53.0 Å². The van der Waals surface area contributed by atoms with Crippen LogP contribution in [-0.4, -0.2) is 86.7 Å². The van der Waals surface area contributed by atoms with E-state index in [4.69, 9.17) is 19.4 Å². The van der Waals surface area contributed by atoms with E-state index in [2.05, 4.69) is 29.8 Å². The summed E-state index contributed by atoms with van der Waals surface area (Å²) >= 11 is 0. The van der Waals surface area contributed by atoms with Crippen LogP contribution in [0.3, 0.4) is 0 Å². The quantitative estimate of drug-likeness (QED) is 0.391. The van der Waals surface area contributed by atoms with E-state index in [-0.39, 0.29) is 24.3 Å². The summed E-state index contributed by atoms with van der Waals surface area (Å²) in [7, 11) is 1.56. The highest BCUT2D eigenvalue weighted by molar-refractivity contribution is 5.85. The molecule has 1 aromatic rings. The van der Waals surface area contributed by atoms with Crippen molar-refractivity contribution in [3.63, 3.8) is 0 Å². The molecule has 0 radical (unpaired) electrons. The molecule has 3 aliphatic rings. The third-order valence-electron chi connectivity index (χ3n) is 7.18. The minimum atomic E-state index is -0.833. The Morgan fingerprint density at radius 2 is 1.78 bits per heavy atom. The Kier molecular flexibility index (Phi) is 14.4. The molecule has 4 rings (SSSR count). The molecule has 3 amide bonds. The van der Waals surface area contributed by atoms with Gasteiger partial charge in [-0.3, -0.25) is 19.2 Å². The second kappa shape index (κ2) is 17.5. The Labute approximate surface area is 243 Å². The molecular formula is C30H48N4O7. The summed E-state index contributed by atoms with van der Waals surface area (Å²) in [4.78, 5) is 50.0. The molecule has 11 heteroatoms. The van der Waals surface area contributed by atoms with E-state index in [1.807, 2.05) is 17.0 Å². The fourth-order valence-electron chi connectivity index (χ4n) is 4.99. The monoisotopic (exact) mass is 576 g/mol. The van der Waals surface area contributed by atoms with Crippen molar-refractivity contribution in [1.29, 1.82) is 0 Å². The number of likely N-dealkylation sites (tertiary alicyclic amines) is 1. The first-order valence-electron chi connectivity index (χ1n) is 14.6. The largest absolute Gasteiger partial charge is 0.493 e. The van der Waals surface area contributed by atoms with Gasteiger partial charge in [0.15, 0.2) is 18.1 Å². The maximum Gasteiger partial charge on any atom is 0.300 e. The van der Waals surface area contributed by atoms with E-state index in [9.17, 15) is 14.4 Å². The summed E-state index contributed by atoms with van der Waals surface area (Å²) in [6.45, 7) is 8.88. The Morgan fingerprint density at radius 1 is 1.07 bits per heavy atom. The van der Waals surface area contributed by atoms with E-state index >= 15 is 0 Å². The predicted molar refractivity (Wildman–Crippen MR) is 156 cm³/mol. The van der Waals surface area contributed by atoms with E-state index < -0.39 is 11.4 Å². The molecule has 1 fully saturated rings. The van der Waals surface area contributed by atoms with Crippen molar-refractivity contribution >= 4 is 23.7 Å². The Hall–Kier alpha value is -3.34. The van der Waals surface area contributed by atoms with Crippen LogP contribution in [0, 0.1) is 11.3 Å². The molecule has 0 spiro atoms. The average Bonchev–Trinajstić information content (AvgIpc) is 3.47. The number of nitrogens with one attached hydrogen (secondary N) is 3. The lowest BCUT2D eigenvalue weighted by molar-refractivity contribution is -0.142. The van der Waals surface area contributed by atoms with Crippen LogP contribution in [0.25, 0.3) is 0 Å². The molecule has 41 heavy (non-hydrogen) atoms. The van der Waals surface area contributed by atoms with Crippen LogP contribution in [0.15, 0.2) is 18.2 Å². The highest BCUT2D eigenvalue weighted by Gasteiger charge is 2.42. The first-order valence-corrected chi connectivity index (χ1v) is 14.6. The first-order chi connectivity index (χ1) is 19.6. The molecule has 11 nitrogen and oxygen atoms in total. The van der Waals surface area contributed by atoms with Gasteiger partial charge in [0.1, 0.15) is 0 Å². The summed E-state index contributed by atoms with van der Waals surface area (Å²) in [6, 6.07) is 5.61. The zero-order valence-electron chi connectivity index (χ0n) is 25.1. The summed E-state index contributed by atoms with van der Waals surface area (Å²) in [6.07, 6.45) is 5.13. The zero-order chi connectivity index (χ0) is 30.3. The van der Waals surface area contributed by atoms with Crippen molar-refractivity contribution < 1.29 is 33.8 Å². The molecule has 0 aliphatic carbocycles. The van der Waals surface area contributed by atoms with Gasteiger partial charge in [-0.2, -0.15) is 0 Å². The molecule has 0 saturated carbocycles. The maximum atomic E-state index is 14.1. The molecule has 1 aromatic carbocycles. The minimum absolute atomic E-state index is 0.0440. The van der Waals surface area contributed by atoms with Crippen molar-refractivity contribution in [3.05, 3.63) is 23.8 Å². The lowest BCUT2D eigenvalue weighted by Gasteiger charge is -2.37. The minimum Gasteiger partial charge on any atom is -0.493 e. The fourth-order valence-corrected chi connectivity index (χ4v) is 4.99. The van der Waals surface area contributed by atoms with Crippen LogP contribution in [-0.2, 0) is 25.6 Å². The fraction of sp³-hybridized carbons (Fsp3) is 0.667. The summed E-state index contributed by atoms with van der Waals surface area (Å²) in [5.74, 6) is 0.448. The van der Waals surface area contributed by atoms with Crippen LogP contribution >= 0.6 is 0 Å². The van der Waals surface area contributed by atoms with Crippen molar-refractivity contribution in [3.8, 4) is 11.5 Å². The van der Waals surface area contributed by atoms with Gasteiger partial charge in [0, 0.05) is 46.1 Å². The number of carbonyl (C=O) groups excluding carboxylic acids is 3. The Balaban J connectivity index is 0.00000138. The van der Waals surface area contributed by atoms with Crippen LogP contribution in [0.4, 0.5) is 0 Å². The molecule has 3 aliphatic heterocycles. The summed E-state index contributed by atoms with van der Waals surface area (Å²) in [5.41, 5.74) is 0.180. The van der Waals surface area contributed by atoms with Crippen molar-refractivity contribution in [1.82, 2.24) is 20.9 Å². The average molecular weight is 577 g/mol. The number of rotatable bonds is 5. The zero-order valence-corrected chi connectivity index (χ0v) is 25.1. The number of carbonyl (C=O) groups is 4. The molecule has 1 saturated heterocycles. The number of nitrogens with zero attached hydrogens (tertiary/aromatic N) is 1. The van der Waals surface area contributed by atoms with E-state index in [1.165, 1.54) is 0 Å². The van der Waals surface area contributed by atoms with Gasteiger partial charge < -0.3 is 35.4 Å². The van der Waals surface area contributed by atoms with Gasteiger partial charge >= 0.3 is 0 Å². The second-order valence-electron chi connectivity index (χ2n) is 11.2. The highest BCUT2D eigenvalue weighted by atomic mass is 16.5. The number of amides is 3. The lowest BCUT2D eigenvalue weighted by atomic mass is 9.74. The van der Waals surface area contributed by atoms with Gasteiger partial charge in [-0.1, -0.05) is 19.9 Å².